The Kier molecular flexibility index (Phi) is 7.26. The van der Waals surface area contributed by atoms with Crippen molar-refractivity contribution in [1.29, 1.82) is 0 Å². The van der Waals surface area contributed by atoms with Crippen LogP contribution in [0.15, 0.2) is 24.3 Å². The zero-order chi connectivity index (χ0) is 21.0. The van der Waals surface area contributed by atoms with Gasteiger partial charge in [0.05, 0.1) is 29.4 Å². The second kappa shape index (κ2) is 9.51. The molecule has 0 saturated heterocycles. The first-order chi connectivity index (χ1) is 13.8. The minimum atomic E-state index is -3.18. The van der Waals surface area contributed by atoms with Gasteiger partial charge in [0, 0.05) is 15.7 Å². The third-order valence-electron chi connectivity index (χ3n) is 4.25. The fraction of sp³-hybridized carbons (Fsp3) is 0.368. The number of ether oxygens (including phenoxy) is 1. The Morgan fingerprint density at radius 2 is 2.00 bits per heavy atom. The normalized spacial score (nSPS) is 14.8. The average Bonchev–Trinajstić information content (AvgIpc) is 2.99. The molecular formula is C19H20ClNO5S3. The van der Waals surface area contributed by atoms with Crippen LogP contribution < -0.4 is 5.32 Å². The molecule has 1 N–H and O–H groups in total. The summed E-state index contributed by atoms with van der Waals surface area (Å²) >= 11 is 8.44. The minimum absolute atomic E-state index is 0.00648. The molecular weight excluding hydrogens is 454 g/mol. The van der Waals surface area contributed by atoms with Crippen LogP contribution in [0.1, 0.15) is 33.3 Å². The second-order valence-corrected chi connectivity index (χ2v) is 11.1. The van der Waals surface area contributed by atoms with E-state index in [1.807, 2.05) is 12.1 Å². The zero-order valence-corrected chi connectivity index (χ0v) is 18.9. The number of anilines is 1. The first-order valence-corrected chi connectivity index (χ1v) is 13.1. The SMILES string of the molecule is CCOC(=O)c1c(NC(=O)CSCc2ccc(Cl)cc2)sc2c1CCS(=O)(=O)C2. The molecule has 2 aromatic rings. The number of halogens is 1. The Bertz CT molecular complexity index is 1020. The van der Waals surface area contributed by atoms with Gasteiger partial charge in [-0.2, -0.15) is 0 Å². The van der Waals surface area contributed by atoms with Crippen LogP contribution in [0.5, 0.6) is 0 Å². The topological polar surface area (TPSA) is 89.5 Å². The van der Waals surface area contributed by atoms with Crippen molar-refractivity contribution in [3.63, 3.8) is 0 Å². The Morgan fingerprint density at radius 1 is 1.28 bits per heavy atom. The standard InChI is InChI=1S/C19H20ClNO5S3/c1-2-26-19(23)17-14-7-8-29(24,25)11-15(14)28-18(17)21-16(22)10-27-9-12-3-5-13(20)6-4-12/h3-6H,2,7-11H2,1H3,(H,21,22). The van der Waals surface area contributed by atoms with Gasteiger partial charge in [-0.1, -0.05) is 23.7 Å². The van der Waals surface area contributed by atoms with Crippen molar-refractivity contribution in [3.05, 3.63) is 50.9 Å². The van der Waals surface area contributed by atoms with E-state index < -0.39 is 15.8 Å². The van der Waals surface area contributed by atoms with Crippen LogP contribution in [0, 0.1) is 0 Å². The summed E-state index contributed by atoms with van der Waals surface area (Å²) in [6.45, 7) is 1.90. The maximum absolute atomic E-state index is 12.4. The molecule has 0 atom stereocenters. The highest BCUT2D eigenvalue weighted by atomic mass is 35.5. The molecule has 0 spiro atoms. The summed E-state index contributed by atoms with van der Waals surface area (Å²) in [7, 11) is -3.18. The Labute approximate surface area is 182 Å². The van der Waals surface area contributed by atoms with E-state index in [1.54, 1.807) is 19.1 Å². The molecule has 10 heteroatoms. The van der Waals surface area contributed by atoms with E-state index in [9.17, 15) is 18.0 Å². The number of nitrogens with one attached hydrogen (secondary N) is 1. The predicted octanol–water partition coefficient (Wildman–Crippen LogP) is 3.92. The van der Waals surface area contributed by atoms with Crippen molar-refractivity contribution in [1.82, 2.24) is 0 Å². The van der Waals surface area contributed by atoms with Gasteiger partial charge in [-0.25, -0.2) is 13.2 Å². The lowest BCUT2D eigenvalue weighted by Crippen LogP contribution is -2.20. The number of rotatable bonds is 7. The molecule has 0 aliphatic carbocycles. The van der Waals surface area contributed by atoms with Gasteiger partial charge in [0.25, 0.3) is 0 Å². The molecule has 1 aliphatic rings. The molecule has 3 rings (SSSR count). The number of sulfone groups is 1. The van der Waals surface area contributed by atoms with Gasteiger partial charge in [-0.05, 0) is 36.6 Å². The third kappa shape index (κ3) is 5.75. The quantitative estimate of drug-likeness (QED) is 0.613. The Hall–Kier alpha value is -1.55. The maximum atomic E-state index is 12.4. The van der Waals surface area contributed by atoms with Gasteiger partial charge in [-0.15, -0.1) is 23.1 Å². The molecule has 1 amide bonds. The molecule has 29 heavy (non-hydrogen) atoms. The molecule has 1 aromatic heterocycles. The van der Waals surface area contributed by atoms with Gasteiger partial charge in [0.1, 0.15) is 5.00 Å². The van der Waals surface area contributed by atoms with Crippen molar-refractivity contribution in [2.24, 2.45) is 0 Å². The number of esters is 1. The Balaban J connectivity index is 1.70. The lowest BCUT2D eigenvalue weighted by Gasteiger charge is -2.13. The van der Waals surface area contributed by atoms with Crippen molar-refractivity contribution in [3.8, 4) is 0 Å². The van der Waals surface area contributed by atoms with E-state index in [1.165, 1.54) is 11.8 Å². The summed E-state index contributed by atoms with van der Waals surface area (Å²) in [5, 5.41) is 3.79. The molecule has 156 valence electrons. The van der Waals surface area contributed by atoms with Gasteiger partial charge in [-0.3, -0.25) is 4.79 Å². The second-order valence-electron chi connectivity index (χ2n) is 6.44. The van der Waals surface area contributed by atoms with Crippen LogP contribution in [0.2, 0.25) is 5.02 Å². The number of thioether (sulfide) groups is 1. The van der Waals surface area contributed by atoms with Crippen LogP contribution >= 0.6 is 34.7 Å². The molecule has 0 unspecified atom stereocenters. The summed E-state index contributed by atoms with van der Waals surface area (Å²) < 4.78 is 29.0. The van der Waals surface area contributed by atoms with E-state index in [2.05, 4.69) is 5.32 Å². The monoisotopic (exact) mass is 473 g/mol. The fourth-order valence-corrected chi connectivity index (χ4v) is 6.90. The number of carbonyl (C=O) groups is 2. The van der Waals surface area contributed by atoms with E-state index in [-0.39, 0.29) is 41.8 Å². The number of hydrogen-bond donors (Lipinski definition) is 1. The van der Waals surface area contributed by atoms with Gasteiger partial charge < -0.3 is 10.1 Å². The summed E-state index contributed by atoms with van der Waals surface area (Å²) in [5.74, 6) is -0.0571. The van der Waals surface area contributed by atoms with Crippen LogP contribution in [0.3, 0.4) is 0 Å². The van der Waals surface area contributed by atoms with Crippen LogP contribution in [-0.2, 0) is 37.3 Å². The van der Waals surface area contributed by atoms with Gasteiger partial charge in [0.2, 0.25) is 5.91 Å². The fourth-order valence-electron chi connectivity index (χ4n) is 2.93. The predicted molar refractivity (Wildman–Crippen MR) is 118 cm³/mol. The van der Waals surface area contributed by atoms with Crippen LogP contribution in [0.25, 0.3) is 0 Å². The lowest BCUT2D eigenvalue weighted by atomic mass is 10.1. The summed E-state index contributed by atoms with van der Waals surface area (Å²) in [6, 6.07) is 7.40. The molecule has 0 fully saturated rings. The smallest absolute Gasteiger partial charge is 0.341 e. The minimum Gasteiger partial charge on any atom is -0.462 e. The molecule has 6 nitrogen and oxygen atoms in total. The highest BCUT2D eigenvalue weighted by Gasteiger charge is 2.31. The first kappa shape index (κ1) is 22.1. The van der Waals surface area contributed by atoms with Gasteiger partial charge in [0.15, 0.2) is 9.84 Å². The van der Waals surface area contributed by atoms with Crippen molar-refractivity contribution >= 4 is 61.4 Å². The van der Waals surface area contributed by atoms with Crippen LogP contribution in [0.4, 0.5) is 5.00 Å². The summed E-state index contributed by atoms with van der Waals surface area (Å²) in [4.78, 5) is 25.4. The third-order valence-corrected chi connectivity index (χ3v) is 8.39. The average molecular weight is 474 g/mol. The van der Waals surface area contributed by atoms with Gasteiger partial charge >= 0.3 is 5.97 Å². The van der Waals surface area contributed by atoms with E-state index in [0.29, 0.717) is 26.2 Å². The van der Waals surface area contributed by atoms with E-state index in [0.717, 1.165) is 16.9 Å². The number of amides is 1. The van der Waals surface area contributed by atoms with Crippen molar-refractivity contribution in [2.75, 3.05) is 23.4 Å². The summed E-state index contributed by atoms with van der Waals surface area (Å²) in [5.41, 5.74) is 2.02. The maximum Gasteiger partial charge on any atom is 0.341 e. The molecule has 1 aliphatic heterocycles. The Morgan fingerprint density at radius 3 is 2.69 bits per heavy atom. The van der Waals surface area contributed by atoms with Crippen molar-refractivity contribution < 1.29 is 22.7 Å². The molecule has 0 bridgehead atoms. The summed E-state index contributed by atoms with van der Waals surface area (Å²) in [6.07, 6.45) is 0.253. The highest BCUT2D eigenvalue weighted by molar-refractivity contribution is 7.99. The molecule has 0 radical (unpaired) electrons. The number of benzene rings is 1. The number of thiophene rings is 1. The number of carbonyl (C=O) groups excluding carboxylic acids is 2. The number of hydrogen-bond acceptors (Lipinski definition) is 7. The van der Waals surface area contributed by atoms with E-state index >= 15 is 0 Å². The van der Waals surface area contributed by atoms with Crippen LogP contribution in [-0.4, -0.2) is 38.4 Å². The molecule has 1 aromatic carbocycles. The molecule has 2 heterocycles. The number of fused-ring (bicyclic) bond motifs is 1. The molecule has 0 saturated carbocycles. The first-order valence-electron chi connectivity index (χ1n) is 8.93. The zero-order valence-electron chi connectivity index (χ0n) is 15.7. The highest BCUT2D eigenvalue weighted by Crippen LogP contribution is 2.38. The lowest BCUT2D eigenvalue weighted by molar-refractivity contribution is -0.113. The van der Waals surface area contributed by atoms with Crippen molar-refractivity contribution in [2.45, 2.75) is 24.9 Å². The largest absolute Gasteiger partial charge is 0.462 e. The van der Waals surface area contributed by atoms with E-state index in [4.69, 9.17) is 16.3 Å².